The molecule has 3 aromatic carbocycles. The molecule has 2 N–H and O–H groups in total. The normalized spacial score (nSPS) is 15.6. The molecule has 1 aliphatic heterocycles. The summed E-state index contributed by atoms with van der Waals surface area (Å²) < 4.78 is 28.5. The first-order valence-corrected chi connectivity index (χ1v) is 15.7. The van der Waals surface area contributed by atoms with E-state index in [9.17, 15) is 19.1 Å². The van der Waals surface area contributed by atoms with E-state index >= 15 is 4.39 Å². The number of carboxylic acid groups (broad SMARTS) is 1. The van der Waals surface area contributed by atoms with E-state index < -0.39 is 23.7 Å². The number of likely N-dealkylation sites (tertiary alicyclic amines) is 1. The number of piperidine rings is 1. The zero-order valence-electron chi connectivity index (χ0n) is 26.7. The van der Waals surface area contributed by atoms with Crippen LogP contribution in [0, 0.1) is 11.2 Å². The maximum absolute atomic E-state index is 15.1. The van der Waals surface area contributed by atoms with E-state index in [1.165, 1.54) is 11.6 Å². The van der Waals surface area contributed by atoms with Gasteiger partial charge in [-0.15, -0.1) is 0 Å². The first-order valence-electron chi connectivity index (χ1n) is 15.7. The van der Waals surface area contributed by atoms with Crippen LogP contribution in [0.1, 0.15) is 58.1 Å². The highest BCUT2D eigenvalue weighted by molar-refractivity contribution is 5.98. The van der Waals surface area contributed by atoms with Gasteiger partial charge in [-0.05, 0) is 91.3 Å². The summed E-state index contributed by atoms with van der Waals surface area (Å²) >= 11 is 0. The van der Waals surface area contributed by atoms with Gasteiger partial charge in [0.1, 0.15) is 11.9 Å². The summed E-state index contributed by atoms with van der Waals surface area (Å²) in [5.74, 6) is -2.68. The van der Waals surface area contributed by atoms with Crippen LogP contribution in [0.3, 0.4) is 0 Å². The standard InChI is InChI=1S/C37H42F2N4O3/c1-37(24-38)13-16-43(17-14-37)23-29-8-5-9-31(39)34(29)35(44)41-33(36(45)46)21-26-7-4-6-25(18-26)20-32-30-11-10-27(22-42(2)3)19-28(30)12-15-40-32/h4-12,15,18-19,33H,13-14,16-17,20-24H2,1-3H3,(H,41,44)(H,45,46). The van der Waals surface area contributed by atoms with Crippen molar-refractivity contribution < 1.29 is 23.5 Å². The van der Waals surface area contributed by atoms with Crippen LogP contribution in [0.2, 0.25) is 0 Å². The third-order valence-corrected chi connectivity index (χ3v) is 8.92. The zero-order valence-corrected chi connectivity index (χ0v) is 26.7. The van der Waals surface area contributed by atoms with Gasteiger partial charge in [0, 0.05) is 37.5 Å². The van der Waals surface area contributed by atoms with E-state index in [1.54, 1.807) is 18.3 Å². The second kappa shape index (κ2) is 14.5. The van der Waals surface area contributed by atoms with Gasteiger partial charge >= 0.3 is 5.97 Å². The molecule has 0 bridgehead atoms. The first kappa shape index (κ1) is 33.2. The number of amides is 1. The first-order chi connectivity index (χ1) is 22.0. The van der Waals surface area contributed by atoms with Gasteiger partial charge in [-0.2, -0.15) is 0 Å². The molecule has 0 saturated carbocycles. The molecule has 1 unspecified atom stereocenters. The van der Waals surface area contributed by atoms with Crippen molar-refractivity contribution in [3.8, 4) is 0 Å². The highest BCUT2D eigenvalue weighted by Crippen LogP contribution is 2.32. The lowest BCUT2D eigenvalue weighted by Crippen LogP contribution is -2.43. The average molecular weight is 629 g/mol. The quantitative estimate of drug-likeness (QED) is 0.200. The van der Waals surface area contributed by atoms with Crippen molar-refractivity contribution in [3.63, 3.8) is 0 Å². The second-order valence-electron chi connectivity index (χ2n) is 13.1. The van der Waals surface area contributed by atoms with Crippen molar-refractivity contribution in [2.24, 2.45) is 5.41 Å². The van der Waals surface area contributed by atoms with Gasteiger partial charge in [0.2, 0.25) is 0 Å². The van der Waals surface area contributed by atoms with Crippen LogP contribution in [0.4, 0.5) is 8.78 Å². The smallest absolute Gasteiger partial charge is 0.326 e. The number of nitrogens with zero attached hydrogens (tertiary/aromatic N) is 3. The van der Waals surface area contributed by atoms with Crippen molar-refractivity contribution >= 4 is 22.6 Å². The number of nitrogens with one attached hydrogen (secondary N) is 1. The van der Waals surface area contributed by atoms with Crippen LogP contribution in [0.25, 0.3) is 10.8 Å². The van der Waals surface area contributed by atoms with Gasteiger partial charge in [0.15, 0.2) is 0 Å². The van der Waals surface area contributed by atoms with Gasteiger partial charge in [-0.1, -0.05) is 55.5 Å². The fourth-order valence-electron chi connectivity index (χ4n) is 6.20. The molecule has 1 aromatic heterocycles. The minimum Gasteiger partial charge on any atom is -0.480 e. The van der Waals surface area contributed by atoms with Crippen molar-refractivity contribution in [1.82, 2.24) is 20.1 Å². The molecule has 1 fully saturated rings. The van der Waals surface area contributed by atoms with Crippen LogP contribution in [-0.2, 0) is 30.7 Å². The summed E-state index contributed by atoms with van der Waals surface area (Å²) in [6.45, 7) is 3.98. The number of aromatic nitrogens is 1. The monoisotopic (exact) mass is 628 g/mol. The van der Waals surface area contributed by atoms with Crippen molar-refractivity contribution in [3.05, 3.63) is 112 Å². The lowest BCUT2D eigenvalue weighted by atomic mass is 9.81. The van der Waals surface area contributed by atoms with Crippen molar-refractivity contribution in [2.45, 2.75) is 51.7 Å². The Morgan fingerprint density at radius 2 is 1.76 bits per heavy atom. The van der Waals surface area contributed by atoms with E-state index in [1.807, 2.05) is 51.4 Å². The minimum absolute atomic E-state index is 0.0312. The number of aliphatic carboxylic acids is 1. The number of carboxylic acids is 1. The van der Waals surface area contributed by atoms with Gasteiger partial charge in [0.05, 0.1) is 17.9 Å². The highest BCUT2D eigenvalue weighted by Gasteiger charge is 2.31. The Bertz CT molecular complexity index is 1700. The molecular weight excluding hydrogens is 586 g/mol. The summed E-state index contributed by atoms with van der Waals surface area (Å²) in [7, 11) is 4.07. The number of hydrogen-bond donors (Lipinski definition) is 2. The molecule has 46 heavy (non-hydrogen) atoms. The lowest BCUT2D eigenvalue weighted by Gasteiger charge is -2.37. The molecule has 2 heterocycles. The summed E-state index contributed by atoms with van der Waals surface area (Å²) in [6.07, 6.45) is 3.75. The van der Waals surface area contributed by atoms with Crippen LogP contribution >= 0.6 is 0 Å². The number of halogens is 2. The number of fused-ring (bicyclic) bond motifs is 1. The largest absolute Gasteiger partial charge is 0.480 e. The number of pyridine rings is 1. The number of benzene rings is 3. The van der Waals surface area contributed by atoms with E-state index in [-0.39, 0.29) is 24.1 Å². The summed E-state index contributed by atoms with van der Waals surface area (Å²) in [5, 5.41) is 14.8. The average Bonchev–Trinajstić information content (AvgIpc) is 3.02. The molecule has 9 heteroatoms. The highest BCUT2D eigenvalue weighted by atomic mass is 19.1. The molecule has 4 aromatic rings. The van der Waals surface area contributed by atoms with Crippen LogP contribution < -0.4 is 5.32 Å². The Hall–Kier alpha value is -4.21. The fourth-order valence-corrected chi connectivity index (χ4v) is 6.20. The van der Waals surface area contributed by atoms with Gasteiger partial charge in [-0.25, -0.2) is 9.18 Å². The molecule has 1 atom stereocenters. The summed E-state index contributed by atoms with van der Waals surface area (Å²) in [5.41, 5.74) is 3.80. The van der Waals surface area contributed by atoms with Crippen LogP contribution in [0.5, 0.6) is 0 Å². The van der Waals surface area contributed by atoms with Gasteiger partial charge < -0.3 is 15.3 Å². The molecule has 1 saturated heterocycles. The molecule has 7 nitrogen and oxygen atoms in total. The Kier molecular flexibility index (Phi) is 10.4. The molecule has 1 aliphatic rings. The molecule has 1 amide bonds. The molecule has 242 valence electrons. The maximum atomic E-state index is 15.1. The molecule has 5 rings (SSSR count). The van der Waals surface area contributed by atoms with E-state index in [0.717, 1.165) is 34.1 Å². The fraction of sp³-hybridized carbons (Fsp3) is 0.378. The number of rotatable bonds is 12. The van der Waals surface area contributed by atoms with Crippen LogP contribution in [-0.4, -0.2) is 71.7 Å². The van der Waals surface area contributed by atoms with E-state index in [4.69, 9.17) is 0 Å². The van der Waals surface area contributed by atoms with E-state index in [2.05, 4.69) is 38.3 Å². The lowest BCUT2D eigenvalue weighted by molar-refractivity contribution is -0.139. The molecule has 0 spiro atoms. The van der Waals surface area contributed by atoms with E-state index in [0.29, 0.717) is 44.5 Å². The summed E-state index contributed by atoms with van der Waals surface area (Å²) in [4.78, 5) is 34.5. The third-order valence-electron chi connectivity index (χ3n) is 8.92. The predicted octanol–water partition coefficient (Wildman–Crippen LogP) is 6.02. The SMILES string of the molecule is CN(C)Cc1ccc2c(Cc3cccc(CC(NC(=O)c4c(F)cccc4CN4CCC(C)(CF)CC4)C(=O)O)c3)nccc2c1. The van der Waals surface area contributed by atoms with Gasteiger partial charge in [0.25, 0.3) is 5.91 Å². The Balaban J connectivity index is 1.29. The van der Waals surface area contributed by atoms with Crippen molar-refractivity contribution in [1.29, 1.82) is 0 Å². The maximum Gasteiger partial charge on any atom is 0.326 e. The third kappa shape index (κ3) is 8.13. The minimum atomic E-state index is -1.26. The molecule has 0 aliphatic carbocycles. The Morgan fingerprint density at radius 1 is 1.02 bits per heavy atom. The van der Waals surface area contributed by atoms with Gasteiger partial charge in [-0.3, -0.25) is 19.1 Å². The summed E-state index contributed by atoms with van der Waals surface area (Å²) in [6, 6.07) is 19.2. The van der Waals surface area contributed by atoms with Crippen LogP contribution in [0.15, 0.2) is 72.9 Å². The number of carbonyl (C=O) groups excluding carboxylic acids is 1. The Morgan fingerprint density at radius 3 is 2.48 bits per heavy atom. The Labute approximate surface area is 269 Å². The predicted molar refractivity (Wildman–Crippen MR) is 176 cm³/mol. The second-order valence-corrected chi connectivity index (χ2v) is 13.1. The number of carbonyl (C=O) groups is 2. The number of hydrogen-bond acceptors (Lipinski definition) is 5. The zero-order chi connectivity index (χ0) is 32.8. The van der Waals surface area contributed by atoms with Crippen molar-refractivity contribution in [2.75, 3.05) is 33.9 Å². The molecule has 0 radical (unpaired) electrons. The topological polar surface area (TPSA) is 85.8 Å². The number of alkyl halides is 1. The molecular formula is C37H42F2N4O3.